The van der Waals surface area contributed by atoms with Crippen LogP contribution in [0.4, 0.5) is 5.69 Å². The molecule has 0 aliphatic carbocycles. The van der Waals surface area contributed by atoms with Crippen LogP contribution in [0.15, 0.2) is 127 Å². The van der Waals surface area contributed by atoms with Gasteiger partial charge in [0, 0.05) is 18.7 Å². The van der Waals surface area contributed by atoms with Crippen molar-refractivity contribution in [2.45, 2.75) is 12.5 Å². The molecule has 38 heavy (non-hydrogen) atoms. The lowest BCUT2D eigenvalue weighted by Crippen LogP contribution is -2.09. The van der Waals surface area contributed by atoms with E-state index in [1.807, 2.05) is 66.7 Å². The summed E-state index contributed by atoms with van der Waals surface area (Å²) in [7, 11) is 0. The molecule has 0 radical (unpaired) electrons. The van der Waals surface area contributed by atoms with Crippen LogP contribution in [0.1, 0.15) is 34.0 Å². The molecule has 0 heterocycles. The van der Waals surface area contributed by atoms with Crippen LogP contribution in [0.5, 0.6) is 0 Å². The summed E-state index contributed by atoms with van der Waals surface area (Å²) in [6.45, 7) is 0.535. The molecule has 0 aromatic heterocycles. The standard InChI is InChI=1S/C34H29NO3/c36-33(32-12-6-10-28-9-4-5-11-31(28)32)22-25(21-24-13-15-29(16-14-24)34(37)38)23-35-30-19-17-27(18-20-30)26-7-2-1-3-8-26/h1-21,33,35-36H,22-23H2,(H,37,38). The summed E-state index contributed by atoms with van der Waals surface area (Å²) in [6.07, 6.45) is 1.77. The van der Waals surface area contributed by atoms with Gasteiger partial charge in [-0.1, -0.05) is 103 Å². The second-order valence-corrected chi connectivity index (χ2v) is 9.31. The topological polar surface area (TPSA) is 69.6 Å². The van der Waals surface area contributed by atoms with E-state index in [1.54, 1.807) is 24.3 Å². The highest BCUT2D eigenvalue weighted by Gasteiger charge is 2.14. The van der Waals surface area contributed by atoms with E-state index in [1.165, 1.54) is 5.56 Å². The van der Waals surface area contributed by atoms with Crippen LogP contribution in [0, 0.1) is 0 Å². The van der Waals surface area contributed by atoms with Crippen LogP contribution in [0.2, 0.25) is 0 Å². The van der Waals surface area contributed by atoms with E-state index < -0.39 is 12.1 Å². The summed E-state index contributed by atoms with van der Waals surface area (Å²) in [5.74, 6) is -0.951. The number of aromatic carboxylic acids is 1. The Morgan fingerprint density at radius 2 is 1.39 bits per heavy atom. The summed E-state index contributed by atoms with van der Waals surface area (Å²) < 4.78 is 0. The van der Waals surface area contributed by atoms with Gasteiger partial charge >= 0.3 is 5.97 Å². The number of hydrogen-bond donors (Lipinski definition) is 3. The first-order valence-electron chi connectivity index (χ1n) is 12.6. The highest BCUT2D eigenvalue weighted by atomic mass is 16.4. The van der Waals surface area contributed by atoms with Gasteiger partial charge in [-0.2, -0.15) is 0 Å². The number of hydrogen-bond acceptors (Lipinski definition) is 3. The van der Waals surface area contributed by atoms with Crippen molar-refractivity contribution >= 4 is 28.5 Å². The molecule has 5 aromatic carbocycles. The smallest absolute Gasteiger partial charge is 0.335 e. The van der Waals surface area contributed by atoms with Crippen molar-refractivity contribution in [3.05, 3.63) is 144 Å². The fourth-order valence-electron chi connectivity index (χ4n) is 4.67. The van der Waals surface area contributed by atoms with Gasteiger partial charge in [0.05, 0.1) is 11.7 Å². The average molecular weight is 500 g/mol. The number of rotatable bonds is 9. The molecule has 0 saturated carbocycles. The lowest BCUT2D eigenvalue weighted by Gasteiger charge is -2.17. The third-order valence-electron chi connectivity index (χ3n) is 6.68. The van der Waals surface area contributed by atoms with E-state index >= 15 is 0 Å². The van der Waals surface area contributed by atoms with Crippen molar-refractivity contribution in [3.8, 4) is 11.1 Å². The van der Waals surface area contributed by atoms with E-state index in [0.29, 0.717) is 13.0 Å². The van der Waals surface area contributed by atoms with Crippen molar-refractivity contribution in [2.75, 3.05) is 11.9 Å². The number of anilines is 1. The van der Waals surface area contributed by atoms with Crippen molar-refractivity contribution in [1.29, 1.82) is 0 Å². The molecule has 0 fully saturated rings. The van der Waals surface area contributed by atoms with Gasteiger partial charge in [-0.3, -0.25) is 0 Å². The fraction of sp³-hybridized carbons (Fsp3) is 0.0882. The van der Waals surface area contributed by atoms with Crippen LogP contribution in [-0.4, -0.2) is 22.7 Å². The highest BCUT2D eigenvalue weighted by molar-refractivity contribution is 5.88. The predicted octanol–water partition coefficient (Wildman–Crippen LogP) is 7.82. The third kappa shape index (κ3) is 6.00. The Hall–Kier alpha value is -4.67. The minimum Gasteiger partial charge on any atom is -0.478 e. The Morgan fingerprint density at radius 3 is 2.13 bits per heavy atom. The largest absolute Gasteiger partial charge is 0.478 e. The minimum absolute atomic E-state index is 0.246. The molecule has 4 nitrogen and oxygen atoms in total. The number of carboxylic acids is 1. The van der Waals surface area contributed by atoms with Gasteiger partial charge in [0.2, 0.25) is 0 Å². The second kappa shape index (κ2) is 11.6. The van der Waals surface area contributed by atoms with E-state index in [-0.39, 0.29) is 5.56 Å². The molecule has 3 N–H and O–H groups in total. The highest BCUT2D eigenvalue weighted by Crippen LogP contribution is 2.29. The van der Waals surface area contributed by atoms with Crippen LogP contribution in [0.25, 0.3) is 28.0 Å². The SMILES string of the molecule is O=C(O)c1ccc(C=C(CNc2ccc(-c3ccccc3)cc2)CC(O)c2cccc3ccccc23)cc1. The summed E-state index contributed by atoms with van der Waals surface area (Å²) >= 11 is 0. The Labute approximate surface area is 222 Å². The lowest BCUT2D eigenvalue weighted by molar-refractivity contribution is 0.0697. The molecule has 5 rings (SSSR count). The number of carbonyl (C=O) groups is 1. The number of benzene rings is 5. The summed E-state index contributed by atoms with van der Waals surface area (Å²) in [5, 5.41) is 26.2. The lowest BCUT2D eigenvalue weighted by atomic mass is 9.95. The molecule has 0 spiro atoms. The number of nitrogens with one attached hydrogen (secondary N) is 1. The Morgan fingerprint density at radius 1 is 0.737 bits per heavy atom. The molecule has 0 aliphatic rings. The van der Waals surface area contributed by atoms with E-state index in [2.05, 4.69) is 41.7 Å². The average Bonchev–Trinajstić information content (AvgIpc) is 2.96. The minimum atomic E-state index is -0.951. The summed E-state index contributed by atoms with van der Waals surface area (Å²) in [5.41, 5.74) is 6.33. The molecule has 1 unspecified atom stereocenters. The third-order valence-corrected chi connectivity index (χ3v) is 6.68. The second-order valence-electron chi connectivity index (χ2n) is 9.31. The van der Waals surface area contributed by atoms with E-state index in [4.69, 9.17) is 0 Å². The first-order valence-corrected chi connectivity index (χ1v) is 12.6. The maximum atomic E-state index is 11.3. The zero-order valence-electron chi connectivity index (χ0n) is 20.9. The quantitative estimate of drug-likeness (QED) is 0.193. The van der Waals surface area contributed by atoms with Gasteiger partial charge in [-0.25, -0.2) is 4.79 Å². The van der Waals surface area contributed by atoms with E-state index in [0.717, 1.165) is 38.7 Å². The molecule has 0 bridgehead atoms. The molecule has 0 aliphatic heterocycles. The fourth-order valence-corrected chi connectivity index (χ4v) is 4.67. The number of aliphatic hydroxyl groups is 1. The molecular formula is C34H29NO3. The maximum Gasteiger partial charge on any atom is 0.335 e. The van der Waals surface area contributed by atoms with Gasteiger partial charge in [-0.15, -0.1) is 0 Å². The first-order chi connectivity index (χ1) is 18.6. The summed E-state index contributed by atoms with van der Waals surface area (Å²) in [6, 6.07) is 39.4. The van der Waals surface area contributed by atoms with Crippen LogP contribution >= 0.6 is 0 Å². The van der Waals surface area contributed by atoms with Gasteiger partial charge in [-0.05, 0) is 62.9 Å². The van der Waals surface area contributed by atoms with Crippen molar-refractivity contribution in [2.24, 2.45) is 0 Å². The van der Waals surface area contributed by atoms with Crippen LogP contribution in [0.3, 0.4) is 0 Å². The molecule has 0 saturated heterocycles. The zero-order chi connectivity index (χ0) is 26.3. The van der Waals surface area contributed by atoms with Gasteiger partial charge < -0.3 is 15.5 Å². The molecule has 0 amide bonds. The number of carboxylic acid groups (broad SMARTS) is 1. The maximum absolute atomic E-state index is 11.3. The normalized spacial score (nSPS) is 12.3. The summed E-state index contributed by atoms with van der Waals surface area (Å²) in [4.78, 5) is 11.3. The molecule has 5 aromatic rings. The Bertz CT molecular complexity index is 1550. The van der Waals surface area contributed by atoms with Crippen molar-refractivity contribution in [3.63, 3.8) is 0 Å². The molecule has 1 atom stereocenters. The predicted molar refractivity (Wildman–Crippen MR) is 155 cm³/mol. The van der Waals surface area contributed by atoms with Crippen molar-refractivity contribution < 1.29 is 15.0 Å². The van der Waals surface area contributed by atoms with Crippen LogP contribution in [-0.2, 0) is 0 Å². The van der Waals surface area contributed by atoms with E-state index in [9.17, 15) is 15.0 Å². The first kappa shape index (κ1) is 25.0. The molecule has 188 valence electrons. The Balaban J connectivity index is 1.38. The molecule has 4 heteroatoms. The monoisotopic (exact) mass is 499 g/mol. The number of fused-ring (bicyclic) bond motifs is 1. The van der Waals surface area contributed by atoms with Crippen LogP contribution < -0.4 is 5.32 Å². The molecular weight excluding hydrogens is 470 g/mol. The van der Waals surface area contributed by atoms with Gasteiger partial charge in [0.1, 0.15) is 0 Å². The Kier molecular flexibility index (Phi) is 7.62. The zero-order valence-corrected chi connectivity index (χ0v) is 20.9. The van der Waals surface area contributed by atoms with Crippen molar-refractivity contribution in [1.82, 2.24) is 0 Å². The van der Waals surface area contributed by atoms with Gasteiger partial charge in [0.25, 0.3) is 0 Å². The number of aliphatic hydroxyl groups excluding tert-OH is 1. The van der Waals surface area contributed by atoms with Gasteiger partial charge in [0.15, 0.2) is 0 Å².